The van der Waals surface area contributed by atoms with Crippen molar-refractivity contribution in [3.05, 3.63) is 0 Å². The Morgan fingerprint density at radius 2 is 0.519 bits per heavy atom. The first-order chi connectivity index (χ1) is 12.8. The maximum atomic E-state index is 10.1. The summed E-state index contributed by atoms with van der Waals surface area (Å²) >= 11 is 0. The van der Waals surface area contributed by atoms with Crippen LogP contribution in [0.25, 0.3) is 0 Å². The SMILES string of the molecule is CCCCCCCCCCCC[O-].CCCCCCCCCCCC[O-].[Mg+2]. The smallest absolute Gasteiger partial charge is 0.854 e. The summed E-state index contributed by atoms with van der Waals surface area (Å²) in [6, 6.07) is 0. The Bertz CT molecular complexity index is 171. The van der Waals surface area contributed by atoms with Crippen molar-refractivity contribution in [3.8, 4) is 0 Å². The molecule has 0 radical (unpaired) electrons. The van der Waals surface area contributed by atoms with Gasteiger partial charge in [-0.15, -0.1) is 13.2 Å². The van der Waals surface area contributed by atoms with Crippen molar-refractivity contribution in [1.29, 1.82) is 0 Å². The Morgan fingerprint density at radius 1 is 0.333 bits per heavy atom. The van der Waals surface area contributed by atoms with Crippen molar-refractivity contribution in [3.63, 3.8) is 0 Å². The quantitative estimate of drug-likeness (QED) is 0.183. The van der Waals surface area contributed by atoms with Gasteiger partial charge in [-0.25, -0.2) is 0 Å². The number of hydrogen-bond acceptors (Lipinski definition) is 2. The maximum absolute atomic E-state index is 10.1. The fraction of sp³-hybridized carbons (Fsp3) is 1.00. The third kappa shape index (κ3) is 38.0. The molecule has 160 valence electrons. The molecule has 0 aliphatic rings. The summed E-state index contributed by atoms with van der Waals surface area (Å²) in [5.74, 6) is 0. The van der Waals surface area contributed by atoms with Crippen LogP contribution in [0.2, 0.25) is 0 Å². The molecule has 0 bridgehead atoms. The maximum Gasteiger partial charge on any atom is 2.00 e. The minimum absolute atomic E-state index is 0. The van der Waals surface area contributed by atoms with E-state index in [4.69, 9.17) is 0 Å². The first-order valence-electron chi connectivity index (χ1n) is 12.0. The predicted octanol–water partition coefficient (Wildman–Crippen LogP) is 6.15. The molecule has 0 heterocycles. The minimum atomic E-state index is 0. The molecule has 0 saturated heterocycles. The molecular weight excluding hydrogens is 345 g/mol. The first-order valence-corrected chi connectivity index (χ1v) is 12.0. The van der Waals surface area contributed by atoms with E-state index in [1.807, 2.05) is 0 Å². The number of rotatable bonds is 20. The van der Waals surface area contributed by atoms with Gasteiger partial charge in [-0.3, -0.25) is 0 Å². The fourth-order valence-corrected chi connectivity index (χ4v) is 3.18. The van der Waals surface area contributed by atoms with Crippen molar-refractivity contribution >= 4 is 23.1 Å². The zero-order chi connectivity index (χ0) is 19.6. The minimum Gasteiger partial charge on any atom is -0.854 e. The number of hydrogen-bond donors (Lipinski definition) is 0. The molecule has 0 aliphatic carbocycles. The molecule has 2 nitrogen and oxygen atoms in total. The molecule has 0 rings (SSSR count). The molecule has 0 aliphatic heterocycles. The van der Waals surface area contributed by atoms with Gasteiger partial charge in [-0.1, -0.05) is 142 Å². The van der Waals surface area contributed by atoms with E-state index in [0.29, 0.717) is 0 Å². The summed E-state index contributed by atoms with van der Waals surface area (Å²) < 4.78 is 0. The average molecular weight is 395 g/mol. The van der Waals surface area contributed by atoms with Crippen LogP contribution in [0.4, 0.5) is 0 Å². The summed E-state index contributed by atoms with van der Waals surface area (Å²) in [6.45, 7) is 4.75. The Labute approximate surface area is 188 Å². The Hall–Kier alpha value is 0.686. The third-order valence-electron chi connectivity index (χ3n) is 5.00. The molecule has 0 fully saturated rings. The van der Waals surface area contributed by atoms with Gasteiger partial charge in [-0.2, -0.15) is 0 Å². The normalized spacial score (nSPS) is 10.2. The van der Waals surface area contributed by atoms with E-state index in [9.17, 15) is 10.2 Å². The second kappa shape index (κ2) is 34.2. The van der Waals surface area contributed by atoms with Gasteiger partial charge >= 0.3 is 23.1 Å². The van der Waals surface area contributed by atoms with Crippen molar-refractivity contribution in [1.82, 2.24) is 0 Å². The van der Waals surface area contributed by atoms with Gasteiger partial charge in [0, 0.05) is 0 Å². The molecular formula is C24H50MgO2. The molecule has 0 amide bonds. The van der Waals surface area contributed by atoms with Gasteiger partial charge in [-0.05, 0) is 0 Å². The van der Waals surface area contributed by atoms with Crippen LogP contribution in [-0.2, 0) is 0 Å². The first kappa shape index (κ1) is 32.4. The van der Waals surface area contributed by atoms with E-state index in [1.54, 1.807) is 0 Å². The summed E-state index contributed by atoms with van der Waals surface area (Å²) in [5.41, 5.74) is 0. The molecule has 27 heavy (non-hydrogen) atoms. The van der Waals surface area contributed by atoms with E-state index in [0.717, 1.165) is 25.7 Å². The van der Waals surface area contributed by atoms with Gasteiger partial charge < -0.3 is 10.2 Å². The molecule has 3 heteroatoms. The third-order valence-corrected chi connectivity index (χ3v) is 5.00. The van der Waals surface area contributed by atoms with E-state index in [1.165, 1.54) is 103 Å². The molecule has 0 aromatic heterocycles. The van der Waals surface area contributed by atoms with E-state index >= 15 is 0 Å². The van der Waals surface area contributed by atoms with Crippen LogP contribution in [0.3, 0.4) is 0 Å². The molecule has 0 spiro atoms. The van der Waals surface area contributed by atoms with Gasteiger partial charge in [0.2, 0.25) is 0 Å². The Kier molecular flexibility index (Phi) is 41.0. The Morgan fingerprint density at radius 3 is 0.704 bits per heavy atom. The summed E-state index contributed by atoms with van der Waals surface area (Å²) in [7, 11) is 0. The Balaban J connectivity index is -0.000000411. The van der Waals surface area contributed by atoms with E-state index in [2.05, 4.69) is 13.8 Å². The van der Waals surface area contributed by atoms with Crippen LogP contribution < -0.4 is 10.2 Å². The van der Waals surface area contributed by atoms with E-state index < -0.39 is 0 Å². The second-order valence-electron chi connectivity index (χ2n) is 7.77. The van der Waals surface area contributed by atoms with Crippen molar-refractivity contribution < 1.29 is 10.2 Å². The predicted molar refractivity (Wildman–Crippen MR) is 119 cm³/mol. The summed E-state index contributed by atoms with van der Waals surface area (Å²) in [6.07, 6.45) is 26.0. The van der Waals surface area contributed by atoms with Gasteiger partial charge in [0.05, 0.1) is 0 Å². The van der Waals surface area contributed by atoms with Crippen molar-refractivity contribution in [2.24, 2.45) is 0 Å². The molecule has 0 aromatic rings. The molecule has 0 unspecified atom stereocenters. The van der Waals surface area contributed by atoms with Gasteiger partial charge in [0.25, 0.3) is 0 Å². The zero-order valence-electron chi connectivity index (χ0n) is 19.1. The molecule has 0 aromatic carbocycles. The zero-order valence-corrected chi connectivity index (χ0v) is 20.5. The molecule has 0 atom stereocenters. The fourth-order valence-electron chi connectivity index (χ4n) is 3.18. The average Bonchev–Trinajstić information content (AvgIpc) is 2.66. The van der Waals surface area contributed by atoms with Crippen molar-refractivity contribution in [2.45, 2.75) is 142 Å². The monoisotopic (exact) mass is 394 g/mol. The van der Waals surface area contributed by atoms with Gasteiger partial charge in [0.15, 0.2) is 0 Å². The largest absolute Gasteiger partial charge is 2.00 e. The standard InChI is InChI=1S/2C12H25O.Mg/c2*1-2-3-4-5-6-7-8-9-10-11-12-13;/h2*2-12H2,1H3;/q2*-1;+2. The van der Waals surface area contributed by atoms with Crippen LogP contribution in [0.1, 0.15) is 142 Å². The van der Waals surface area contributed by atoms with Crippen molar-refractivity contribution in [2.75, 3.05) is 13.2 Å². The van der Waals surface area contributed by atoms with E-state index in [-0.39, 0.29) is 36.3 Å². The van der Waals surface area contributed by atoms with Crippen LogP contribution in [0.15, 0.2) is 0 Å². The van der Waals surface area contributed by atoms with Crippen LogP contribution in [-0.4, -0.2) is 36.3 Å². The summed E-state index contributed by atoms with van der Waals surface area (Å²) in [4.78, 5) is 0. The topological polar surface area (TPSA) is 46.1 Å². The summed E-state index contributed by atoms with van der Waals surface area (Å²) in [5, 5.41) is 20.3. The molecule has 0 N–H and O–H groups in total. The number of unbranched alkanes of at least 4 members (excludes halogenated alkanes) is 18. The second-order valence-corrected chi connectivity index (χ2v) is 7.77. The van der Waals surface area contributed by atoms with Gasteiger partial charge in [0.1, 0.15) is 0 Å². The van der Waals surface area contributed by atoms with Crippen LogP contribution in [0.5, 0.6) is 0 Å². The van der Waals surface area contributed by atoms with Crippen LogP contribution >= 0.6 is 0 Å². The van der Waals surface area contributed by atoms with Crippen LogP contribution in [0, 0.1) is 0 Å². The molecule has 0 saturated carbocycles.